The highest BCUT2D eigenvalue weighted by Crippen LogP contribution is 2.49. The maximum atomic E-state index is 11.2. The molecule has 0 spiro atoms. The lowest BCUT2D eigenvalue weighted by Crippen LogP contribution is -2.53. The van der Waals surface area contributed by atoms with Gasteiger partial charge in [0.05, 0.1) is 24.2 Å². The highest BCUT2D eigenvalue weighted by molar-refractivity contribution is 5.61. The maximum absolute atomic E-state index is 11.2. The number of nitrogens with two attached hydrogens (primary N) is 4. The Morgan fingerprint density at radius 3 is 1.66 bits per heavy atom. The van der Waals surface area contributed by atoms with Gasteiger partial charge in [-0.2, -0.15) is 0 Å². The zero-order valence-electron chi connectivity index (χ0n) is 21.4. The fourth-order valence-corrected chi connectivity index (χ4v) is 6.08. The Labute approximate surface area is 223 Å². The fraction of sp³-hybridized carbons (Fsp3) is 0.226. The van der Waals surface area contributed by atoms with Crippen LogP contribution in [0.2, 0.25) is 0 Å². The number of anilines is 4. The molecule has 38 heavy (non-hydrogen) atoms. The average molecular weight is 511 g/mol. The summed E-state index contributed by atoms with van der Waals surface area (Å²) in [5, 5.41) is 22.4. The van der Waals surface area contributed by atoms with Crippen molar-refractivity contribution >= 4 is 28.4 Å². The molecule has 0 aliphatic carbocycles. The van der Waals surface area contributed by atoms with Gasteiger partial charge in [0.2, 0.25) is 0 Å². The van der Waals surface area contributed by atoms with Crippen LogP contribution >= 0.6 is 0 Å². The van der Waals surface area contributed by atoms with Gasteiger partial charge in [0.25, 0.3) is 0 Å². The van der Waals surface area contributed by atoms with Crippen LogP contribution in [0.3, 0.4) is 0 Å². The number of likely N-dealkylation sites (tertiary alicyclic amines) is 1. The molecule has 2 atom stereocenters. The Morgan fingerprint density at radius 2 is 1.11 bits per heavy atom. The van der Waals surface area contributed by atoms with Crippen molar-refractivity contribution in [1.29, 1.82) is 0 Å². The zero-order valence-corrected chi connectivity index (χ0v) is 21.4. The van der Waals surface area contributed by atoms with E-state index in [1.165, 1.54) is 5.56 Å². The standard InChI is InChI=1S/C31H35N5O2/c32-22-5-3-21(4-6-22)20-2-1-16-36(17-15-20,26-11-7-23(33)8-12-26)31(27-18-24(34)9-13-29(27)37)28-19-25(35)10-14-30(28)38/h3-14,18-20,31H,1-2,15-17,32-35H2,(H-,37,38)/p+1. The third kappa shape index (κ3) is 4.80. The summed E-state index contributed by atoms with van der Waals surface area (Å²) in [4.78, 5) is 0. The van der Waals surface area contributed by atoms with E-state index in [4.69, 9.17) is 22.9 Å². The molecule has 7 nitrogen and oxygen atoms in total. The van der Waals surface area contributed by atoms with Gasteiger partial charge in [0.1, 0.15) is 17.2 Å². The number of nitrogen functional groups attached to an aromatic ring is 4. The van der Waals surface area contributed by atoms with Crippen LogP contribution in [-0.2, 0) is 0 Å². The molecule has 0 aromatic heterocycles. The Kier molecular flexibility index (Phi) is 6.78. The van der Waals surface area contributed by atoms with Crippen molar-refractivity contribution in [3.05, 3.63) is 102 Å². The minimum Gasteiger partial charge on any atom is -0.507 e. The quantitative estimate of drug-likeness (QED) is 0.119. The van der Waals surface area contributed by atoms with E-state index in [0.29, 0.717) is 38.6 Å². The third-order valence-corrected chi connectivity index (χ3v) is 7.99. The monoisotopic (exact) mass is 510 g/mol. The highest BCUT2D eigenvalue weighted by atomic mass is 16.3. The fourth-order valence-electron chi connectivity index (χ4n) is 6.08. The molecule has 1 aliphatic rings. The Hall–Kier alpha value is -4.36. The van der Waals surface area contributed by atoms with E-state index < -0.39 is 6.04 Å². The minimum absolute atomic E-state index is 0.123. The highest BCUT2D eigenvalue weighted by Gasteiger charge is 2.45. The van der Waals surface area contributed by atoms with E-state index in [2.05, 4.69) is 24.3 Å². The van der Waals surface area contributed by atoms with Crippen molar-refractivity contribution in [3.8, 4) is 11.5 Å². The molecule has 0 radical (unpaired) electrons. The summed E-state index contributed by atoms with van der Waals surface area (Å²) in [6.45, 7) is 1.54. The van der Waals surface area contributed by atoms with Gasteiger partial charge in [-0.3, -0.25) is 4.48 Å². The Morgan fingerprint density at radius 1 is 0.605 bits per heavy atom. The normalized spacial score (nSPS) is 19.8. The minimum atomic E-state index is -0.462. The molecule has 5 rings (SSSR count). The van der Waals surface area contributed by atoms with Gasteiger partial charge in [-0.1, -0.05) is 12.1 Å². The van der Waals surface area contributed by atoms with Gasteiger partial charge in [0, 0.05) is 41.3 Å². The lowest BCUT2D eigenvalue weighted by Gasteiger charge is -2.45. The van der Waals surface area contributed by atoms with Crippen molar-refractivity contribution in [3.63, 3.8) is 0 Å². The molecule has 0 saturated carbocycles. The molecule has 7 heteroatoms. The predicted molar refractivity (Wildman–Crippen MR) is 157 cm³/mol. The second-order valence-corrected chi connectivity index (χ2v) is 10.4. The van der Waals surface area contributed by atoms with Gasteiger partial charge in [-0.25, -0.2) is 0 Å². The summed E-state index contributed by atoms with van der Waals surface area (Å²) >= 11 is 0. The largest absolute Gasteiger partial charge is 0.507 e. The van der Waals surface area contributed by atoms with Crippen LogP contribution in [0.1, 0.15) is 47.9 Å². The Balaban J connectivity index is 1.72. The molecule has 0 bridgehead atoms. The van der Waals surface area contributed by atoms with Gasteiger partial charge in [0.15, 0.2) is 6.04 Å². The summed E-state index contributed by atoms with van der Waals surface area (Å²) in [5.74, 6) is 0.602. The lowest BCUT2D eigenvalue weighted by molar-refractivity contribution is 0.226. The van der Waals surface area contributed by atoms with Crippen LogP contribution in [0, 0.1) is 0 Å². The molecule has 4 aromatic carbocycles. The predicted octanol–water partition coefficient (Wildman–Crippen LogP) is 5.49. The van der Waals surface area contributed by atoms with Crippen LogP contribution < -0.4 is 27.4 Å². The van der Waals surface area contributed by atoms with Crippen LogP contribution in [0.15, 0.2) is 84.9 Å². The number of quaternary nitrogens is 1. The summed E-state index contributed by atoms with van der Waals surface area (Å²) in [6, 6.07) is 25.8. The van der Waals surface area contributed by atoms with Crippen molar-refractivity contribution in [1.82, 2.24) is 4.48 Å². The van der Waals surface area contributed by atoms with Gasteiger partial charge >= 0.3 is 0 Å². The van der Waals surface area contributed by atoms with Crippen LogP contribution in [-0.4, -0.2) is 23.3 Å². The molecule has 1 aliphatic heterocycles. The maximum Gasteiger partial charge on any atom is 0.152 e. The summed E-state index contributed by atoms with van der Waals surface area (Å²) in [6.07, 6.45) is 2.84. The van der Waals surface area contributed by atoms with E-state index >= 15 is 0 Å². The topological polar surface area (TPSA) is 145 Å². The Bertz CT molecular complexity index is 1370. The molecule has 1 fully saturated rings. The third-order valence-electron chi connectivity index (χ3n) is 7.99. The van der Waals surface area contributed by atoms with Crippen molar-refractivity contribution in [2.24, 2.45) is 0 Å². The molecule has 10 N–H and O–H groups in total. The average Bonchev–Trinajstić information content (AvgIpc) is 3.13. The van der Waals surface area contributed by atoms with E-state index in [9.17, 15) is 10.2 Å². The van der Waals surface area contributed by atoms with E-state index in [1.54, 1.807) is 24.3 Å². The number of phenolic OH excluding ortho intramolecular Hbond substituents is 2. The molecule has 2 unspecified atom stereocenters. The number of hydrogen-bond acceptors (Lipinski definition) is 6. The van der Waals surface area contributed by atoms with Crippen LogP contribution in [0.4, 0.5) is 28.4 Å². The summed E-state index contributed by atoms with van der Waals surface area (Å²) in [5.41, 5.74) is 30.7. The van der Waals surface area contributed by atoms with Crippen molar-refractivity contribution in [2.75, 3.05) is 36.0 Å². The first-order chi connectivity index (χ1) is 18.3. The summed E-state index contributed by atoms with van der Waals surface area (Å²) in [7, 11) is 0. The lowest BCUT2D eigenvalue weighted by atomic mass is 9.90. The molecule has 1 saturated heterocycles. The number of nitrogens with zero attached hydrogens (tertiary/aromatic N) is 1. The van der Waals surface area contributed by atoms with Crippen molar-refractivity contribution in [2.45, 2.75) is 31.2 Å². The van der Waals surface area contributed by atoms with E-state index in [1.807, 2.05) is 36.4 Å². The summed E-state index contributed by atoms with van der Waals surface area (Å²) < 4.78 is 0.472. The van der Waals surface area contributed by atoms with Crippen molar-refractivity contribution < 1.29 is 10.2 Å². The van der Waals surface area contributed by atoms with Gasteiger partial charge < -0.3 is 33.1 Å². The number of rotatable bonds is 5. The number of phenols is 2. The van der Waals surface area contributed by atoms with E-state index in [-0.39, 0.29) is 11.5 Å². The zero-order chi connectivity index (χ0) is 26.9. The number of benzene rings is 4. The molecule has 0 amide bonds. The first-order valence-electron chi connectivity index (χ1n) is 13.0. The van der Waals surface area contributed by atoms with Gasteiger partial charge in [-0.05, 0) is 85.0 Å². The van der Waals surface area contributed by atoms with E-state index in [0.717, 1.165) is 43.7 Å². The first kappa shape index (κ1) is 25.3. The first-order valence-corrected chi connectivity index (χ1v) is 13.0. The van der Waals surface area contributed by atoms with Gasteiger partial charge in [-0.15, -0.1) is 0 Å². The molecule has 1 heterocycles. The SMILES string of the molecule is Nc1ccc(C2CCC[N+](c3ccc(N)cc3)(C(c3cc(N)ccc3O)c3cc(N)ccc3O)CC2)cc1. The second-order valence-electron chi connectivity index (χ2n) is 10.4. The number of aromatic hydroxyl groups is 2. The second kappa shape index (κ2) is 10.2. The smallest absolute Gasteiger partial charge is 0.152 e. The molecule has 4 aromatic rings. The molecular formula is C31H36N5O2+. The van der Waals surface area contributed by atoms with Crippen LogP contribution in [0.5, 0.6) is 11.5 Å². The number of hydrogen-bond donors (Lipinski definition) is 6. The molecule has 196 valence electrons. The molecular weight excluding hydrogens is 474 g/mol. The van der Waals surface area contributed by atoms with Crippen LogP contribution in [0.25, 0.3) is 0 Å².